The standard InChI is InChI=1S/C20H16N4O5/c25-20(12-16-9-10-17(23(26)27)13-18(16)24(28)29)22(19-8-4-5-11-21-19)14-15-6-2-1-3-7-15/h1-11,13H,12,14H2. The van der Waals surface area contributed by atoms with E-state index in [0.717, 1.165) is 17.7 Å². The lowest BCUT2D eigenvalue weighted by atomic mass is 10.1. The second-order valence-electron chi connectivity index (χ2n) is 6.16. The van der Waals surface area contributed by atoms with Crippen LogP contribution in [0.2, 0.25) is 0 Å². The van der Waals surface area contributed by atoms with E-state index in [4.69, 9.17) is 0 Å². The minimum Gasteiger partial charge on any atom is -0.292 e. The third-order valence-electron chi connectivity index (χ3n) is 4.23. The van der Waals surface area contributed by atoms with Gasteiger partial charge >= 0.3 is 0 Å². The molecule has 1 heterocycles. The number of nitro groups is 2. The van der Waals surface area contributed by atoms with Gasteiger partial charge in [-0.3, -0.25) is 29.9 Å². The summed E-state index contributed by atoms with van der Waals surface area (Å²) in [4.78, 5) is 39.5. The van der Waals surface area contributed by atoms with Gasteiger partial charge in [-0.15, -0.1) is 0 Å². The van der Waals surface area contributed by atoms with Crippen LogP contribution in [0.3, 0.4) is 0 Å². The number of hydrogen-bond acceptors (Lipinski definition) is 6. The molecule has 0 saturated carbocycles. The molecule has 0 unspecified atom stereocenters. The van der Waals surface area contributed by atoms with Crippen molar-refractivity contribution in [1.82, 2.24) is 4.98 Å². The van der Waals surface area contributed by atoms with Crippen LogP contribution in [-0.2, 0) is 17.8 Å². The Balaban J connectivity index is 1.93. The molecule has 0 atom stereocenters. The summed E-state index contributed by atoms with van der Waals surface area (Å²) in [6, 6.07) is 17.7. The molecule has 146 valence electrons. The van der Waals surface area contributed by atoms with Crippen molar-refractivity contribution in [2.24, 2.45) is 0 Å². The lowest BCUT2D eigenvalue weighted by molar-refractivity contribution is -0.394. The fourth-order valence-electron chi connectivity index (χ4n) is 2.82. The minimum atomic E-state index is -0.724. The van der Waals surface area contributed by atoms with Gasteiger partial charge in [0.05, 0.1) is 28.9 Å². The number of pyridine rings is 1. The van der Waals surface area contributed by atoms with Crippen molar-refractivity contribution >= 4 is 23.1 Å². The fourth-order valence-corrected chi connectivity index (χ4v) is 2.82. The molecule has 2 aromatic carbocycles. The van der Waals surface area contributed by atoms with Crippen LogP contribution in [0.4, 0.5) is 17.2 Å². The number of amides is 1. The Hall–Kier alpha value is -4.14. The predicted octanol–water partition coefficient (Wildman–Crippen LogP) is 3.67. The summed E-state index contributed by atoms with van der Waals surface area (Å²) in [7, 11) is 0. The number of hydrogen-bond donors (Lipinski definition) is 0. The minimum absolute atomic E-state index is 0.0968. The number of rotatable bonds is 7. The zero-order valence-corrected chi connectivity index (χ0v) is 15.2. The lowest BCUT2D eigenvalue weighted by Crippen LogP contribution is -2.32. The zero-order valence-electron chi connectivity index (χ0n) is 15.2. The van der Waals surface area contributed by atoms with Crippen LogP contribution in [0.5, 0.6) is 0 Å². The fraction of sp³-hybridized carbons (Fsp3) is 0.100. The van der Waals surface area contributed by atoms with Crippen LogP contribution in [0, 0.1) is 20.2 Å². The number of carbonyl (C=O) groups is 1. The van der Waals surface area contributed by atoms with Crippen molar-refractivity contribution < 1.29 is 14.6 Å². The molecule has 3 rings (SSSR count). The summed E-state index contributed by atoms with van der Waals surface area (Å²) < 4.78 is 0. The molecule has 0 fully saturated rings. The highest BCUT2D eigenvalue weighted by molar-refractivity contribution is 5.94. The maximum Gasteiger partial charge on any atom is 0.279 e. The summed E-state index contributed by atoms with van der Waals surface area (Å²) in [6.45, 7) is 0.234. The predicted molar refractivity (Wildman–Crippen MR) is 105 cm³/mol. The normalized spacial score (nSPS) is 10.3. The van der Waals surface area contributed by atoms with Gasteiger partial charge < -0.3 is 0 Å². The Bertz CT molecular complexity index is 1040. The highest BCUT2D eigenvalue weighted by atomic mass is 16.6. The monoisotopic (exact) mass is 392 g/mol. The van der Waals surface area contributed by atoms with Crippen LogP contribution in [0.1, 0.15) is 11.1 Å². The van der Waals surface area contributed by atoms with Crippen LogP contribution in [0.25, 0.3) is 0 Å². The summed E-state index contributed by atoms with van der Waals surface area (Å²) in [5, 5.41) is 22.3. The number of anilines is 1. The zero-order chi connectivity index (χ0) is 20.8. The van der Waals surface area contributed by atoms with E-state index >= 15 is 0 Å². The molecule has 0 aliphatic heterocycles. The number of carbonyl (C=O) groups excluding carboxylic acids is 1. The van der Waals surface area contributed by atoms with Crippen LogP contribution < -0.4 is 4.90 Å². The van der Waals surface area contributed by atoms with Crippen molar-refractivity contribution in [1.29, 1.82) is 0 Å². The maximum atomic E-state index is 13.0. The third kappa shape index (κ3) is 4.78. The molecule has 29 heavy (non-hydrogen) atoms. The Morgan fingerprint density at radius 3 is 2.28 bits per heavy atom. The van der Waals surface area contributed by atoms with E-state index in [1.807, 2.05) is 30.3 Å². The SMILES string of the molecule is O=C(Cc1ccc([N+](=O)[O-])cc1[N+](=O)[O-])N(Cc1ccccc1)c1ccccn1. The molecule has 1 amide bonds. The van der Waals surface area contributed by atoms with Crippen molar-refractivity contribution in [2.45, 2.75) is 13.0 Å². The van der Waals surface area contributed by atoms with Gasteiger partial charge in [-0.1, -0.05) is 36.4 Å². The molecular formula is C20H16N4O5. The summed E-state index contributed by atoms with van der Waals surface area (Å²) in [5.74, 6) is -0.00424. The Labute approximate surface area is 165 Å². The number of nitro benzene ring substituents is 2. The average molecular weight is 392 g/mol. The molecule has 1 aromatic heterocycles. The van der Waals surface area contributed by atoms with E-state index in [0.29, 0.717) is 5.82 Å². The van der Waals surface area contributed by atoms with Gasteiger partial charge in [0, 0.05) is 17.8 Å². The van der Waals surface area contributed by atoms with E-state index in [-0.39, 0.29) is 18.5 Å². The van der Waals surface area contributed by atoms with Gasteiger partial charge in [0.1, 0.15) is 5.82 Å². The van der Waals surface area contributed by atoms with Crippen LogP contribution >= 0.6 is 0 Å². The topological polar surface area (TPSA) is 119 Å². The average Bonchev–Trinajstić information content (AvgIpc) is 2.73. The smallest absolute Gasteiger partial charge is 0.279 e. The molecular weight excluding hydrogens is 376 g/mol. The summed E-state index contributed by atoms with van der Waals surface area (Å²) in [6.07, 6.45) is 1.26. The number of nitrogens with zero attached hydrogens (tertiary/aromatic N) is 4. The number of benzene rings is 2. The molecule has 0 aliphatic carbocycles. The molecule has 0 aliphatic rings. The largest absolute Gasteiger partial charge is 0.292 e. The van der Waals surface area contributed by atoms with E-state index in [1.165, 1.54) is 11.0 Å². The third-order valence-corrected chi connectivity index (χ3v) is 4.23. The van der Waals surface area contributed by atoms with Crippen LogP contribution in [-0.4, -0.2) is 20.7 Å². The molecule has 9 nitrogen and oxygen atoms in total. The number of non-ortho nitro benzene ring substituents is 1. The van der Waals surface area contributed by atoms with E-state index in [1.54, 1.807) is 24.4 Å². The lowest BCUT2D eigenvalue weighted by Gasteiger charge is -2.22. The first-order valence-electron chi connectivity index (χ1n) is 8.62. The second-order valence-corrected chi connectivity index (χ2v) is 6.16. The Morgan fingerprint density at radius 2 is 1.66 bits per heavy atom. The van der Waals surface area contributed by atoms with Gasteiger partial charge in [-0.25, -0.2) is 4.98 Å². The van der Waals surface area contributed by atoms with Crippen molar-refractivity contribution in [3.05, 3.63) is 104 Å². The van der Waals surface area contributed by atoms with E-state index < -0.39 is 27.1 Å². The van der Waals surface area contributed by atoms with Gasteiger partial charge in [-0.05, 0) is 23.8 Å². The van der Waals surface area contributed by atoms with Gasteiger partial charge in [0.25, 0.3) is 11.4 Å². The molecule has 9 heteroatoms. The first-order valence-corrected chi connectivity index (χ1v) is 8.62. The molecule has 0 bridgehead atoms. The van der Waals surface area contributed by atoms with Crippen molar-refractivity contribution in [2.75, 3.05) is 4.90 Å². The second kappa shape index (κ2) is 8.70. The van der Waals surface area contributed by atoms with Gasteiger partial charge in [0.2, 0.25) is 5.91 Å². The first kappa shape index (κ1) is 19.6. The van der Waals surface area contributed by atoms with E-state index in [2.05, 4.69) is 4.98 Å². The van der Waals surface area contributed by atoms with E-state index in [9.17, 15) is 25.0 Å². The molecule has 0 N–H and O–H groups in total. The first-order chi connectivity index (χ1) is 14.0. The van der Waals surface area contributed by atoms with Crippen molar-refractivity contribution in [3.8, 4) is 0 Å². The van der Waals surface area contributed by atoms with Crippen molar-refractivity contribution in [3.63, 3.8) is 0 Å². The summed E-state index contributed by atoms with van der Waals surface area (Å²) >= 11 is 0. The molecule has 0 radical (unpaired) electrons. The highest BCUT2D eigenvalue weighted by Gasteiger charge is 2.24. The summed E-state index contributed by atoms with van der Waals surface area (Å²) in [5.41, 5.74) is 0.0938. The highest BCUT2D eigenvalue weighted by Crippen LogP contribution is 2.26. The van der Waals surface area contributed by atoms with Crippen LogP contribution in [0.15, 0.2) is 72.9 Å². The van der Waals surface area contributed by atoms with Gasteiger partial charge in [-0.2, -0.15) is 0 Å². The number of aromatic nitrogens is 1. The quantitative estimate of drug-likeness (QED) is 0.447. The Morgan fingerprint density at radius 1 is 0.931 bits per heavy atom. The maximum absolute atomic E-state index is 13.0. The van der Waals surface area contributed by atoms with Gasteiger partial charge in [0.15, 0.2) is 0 Å². The molecule has 3 aromatic rings. The Kier molecular flexibility index (Phi) is 5.88. The molecule has 0 saturated heterocycles. The molecule has 0 spiro atoms.